The number of nitrogens with one attached hydrogen (secondary N) is 2. The maximum atomic E-state index is 13.5. The molecule has 9 heteroatoms. The Morgan fingerprint density at radius 1 is 1.00 bits per heavy atom. The van der Waals surface area contributed by atoms with Crippen LogP contribution in [0.4, 0.5) is 18.9 Å². The summed E-state index contributed by atoms with van der Waals surface area (Å²) in [4.78, 5) is 23.5. The van der Waals surface area contributed by atoms with Gasteiger partial charge in [0.25, 0.3) is 5.91 Å². The van der Waals surface area contributed by atoms with Gasteiger partial charge >= 0.3 is 0 Å². The van der Waals surface area contributed by atoms with E-state index in [-0.39, 0.29) is 15.7 Å². The lowest BCUT2D eigenvalue weighted by molar-refractivity contribution is -0.115. The maximum Gasteiger partial charge on any atom is 0.254 e. The van der Waals surface area contributed by atoms with Crippen LogP contribution in [0.15, 0.2) is 30.3 Å². The average Bonchev–Trinajstić information content (AvgIpc) is 2.55. The van der Waals surface area contributed by atoms with Crippen molar-refractivity contribution < 1.29 is 22.8 Å². The fourth-order valence-corrected chi connectivity index (χ4v) is 2.10. The zero-order valence-electron chi connectivity index (χ0n) is 11.8. The van der Waals surface area contributed by atoms with Gasteiger partial charge in [-0.15, -0.1) is 0 Å². The zero-order valence-corrected chi connectivity index (χ0v) is 13.3. The second-order valence-electron chi connectivity index (χ2n) is 4.56. The summed E-state index contributed by atoms with van der Waals surface area (Å²) in [5.41, 5.74) is -0.495. The number of hydrogen-bond donors (Lipinski definition) is 2. The van der Waals surface area contributed by atoms with Crippen LogP contribution in [-0.2, 0) is 4.79 Å². The van der Waals surface area contributed by atoms with Crippen molar-refractivity contribution in [3.05, 3.63) is 63.4 Å². The Bertz CT molecular complexity index is 816. The lowest BCUT2D eigenvalue weighted by Crippen LogP contribution is -2.33. The number of hydrogen-bond acceptors (Lipinski definition) is 2. The van der Waals surface area contributed by atoms with Crippen LogP contribution < -0.4 is 10.6 Å². The maximum absolute atomic E-state index is 13.5. The molecule has 0 aliphatic heterocycles. The van der Waals surface area contributed by atoms with Crippen LogP contribution >= 0.6 is 23.2 Å². The van der Waals surface area contributed by atoms with Gasteiger partial charge < -0.3 is 10.6 Å². The number of carbonyl (C=O) groups is 2. The van der Waals surface area contributed by atoms with E-state index in [4.69, 9.17) is 23.2 Å². The fourth-order valence-electron chi connectivity index (χ4n) is 1.75. The van der Waals surface area contributed by atoms with Crippen LogP contribution in [0, 0.1) is 17.5 Å². The minimum absolute atomic E-state index is 0.116. The first-order valence-electron chi connectivity index (χ1n) is 6.46. The third-order valence-corrected chi connectivity index (χ3v) is 3.73. The predicted octanol–water partition coefficient (Wildman–Crippen LogP) is 3.78. The molecular weight excluding hydrogens is 368 g/mol. The highest BCUT2D eigenvalue weighted by Crippen LogP contribution is 2.29. The molecular formula is C15H9Cl2F3N2O2. The van der Waals surface area contributed by atoms with Crippen LogP contribution in [0.1, 0.15) is 10.4 Å². The zero-order chi connectivity index (χ0) is 17.9. The molecule has 0 unspecified atom stereocenters. The van der Waals surface area contributed by atoms with Crippen molar-refractivity contribution in [2.45, 2.75) is 0 Å². The van der Waals surface area contributed by atoms with Crippen molar-refractivity contribution in [1.82, 2.24) is 5.32 Å². The number of carbonyl (C=O) groups excluding carboxylic acids is 2. The standard InChI is InChI=1S/C15H9Cl2F3N2O2/c16-8-2-1-3-10(12(8)17)22-11(23)6-21-15(24)7-4-5-9(18)14(20)13(7)19/h1-5H,6H2,(H,21,24)(H,22,23). The van der Waals surface area contributed by atoms with Gasteiger partial charge in [-0.25, -0.2) is 13.2 Å². The molecule has 0 radical (unpaired) electrons. The Morgan fingerprint density at radius 2 is 1.71 bits per heavy atom. The minimum atomic E-state index is -1.77. The summed E-state index contributed by atoms with van der Waals surface area (Å²) in [5, 5.41) is 4.82. The Labute approximate surface area is 144 Å². The molecule has 0 saturated carbocycles. The van der Waals surface area contributed by atoms with Gasteiger partial charge in [-0.05, 0) is 24.3 Å². The summed E-state index contributed by atoms with van der Waals surface area (Å²) in [5.74, 6) is -6.56. The van der Waals surface area contributed by atoms with E-state index in [2.05, 4.69) is 10.6 Å². The molecule has 2 amide bonds. The molecule has 2 aromatic rings. The molecule has 0 fully saturated rings. The highest BCUT2D eigenvalue weighted by Gasteiger charge is 2.19. The summed E-state index contributed by atoms with van der Waals surface area (Å²) in [6.07, 6.45) is 0. The van der Waals surface area contributed by atoms with Gasteiger partial charge in [0, 0.05) is 0 Å². The van der Waals surface area contributed by atoms with E-state index < -0.39 is 41.4 Å². The van der Waals surface area contributed by atoms with Crippen molar-refractivity contribution in [2.24, 2.45) is 0 Å². The fraction of sp³-hybridized carbons (Fsp3) is 0.0667. The van der Waals surface area contributed by atoms with Gasteiger partial charge in [0.2, 0.25) is 5.91 Å². The first kappa shape index (κ1) is 18.1. The molecule has 2 rings (SSSR count). The van der Waals surface area contributed by atoms with E-state index >= 15 is 0 Å². The van der Waals surface area contributed by atoms with Crippen molar-refractivity contribution in [2.75, 3.05) is 11.9 Å². The first-order valence-corrected chi connectivity index (χ1v) is 7.22. The largest absolute Gasteiger partial charge is 0.343 e. The molecule has 0 aliphatic rings. The lowest BCUT2D eigenvalue weighted by Gasteiger charge is -2.09. The van der Waals surface area contributed by atoms with Crippen molar-refractivity contribution in [1.29, 1.82) is 0 Å². The molecule has 0 aliphatic carbocycles. The SMILES string of the molecule is O=C(CNC(=O)c1ccc(F)c(F)c1F)Nc1cccc(Cl)c1Cl. The predicted molar refractivity (Wildman–Crippen MR) is 83.7 cm³/mol. The first-order chi connectivity index (χ1) is 11.3. The Balaban J connectivity index is 2.00. The molecule has 24 heavy (non-hydrogen) atoms. The number of amides is 2. The lowest BCUT2D eigenvalue weighted by atomic mass is 10.2. The van der Waals surface area contributed by atoms with E-state index in [0.29, 0.717) is 6.07 Å². The highest BCUT2D eigenvalue weighted by atomic mass is 35.5. The number of halogens is 5. The van der Waals surface area contributed by atoms with Gasteiger partial charge in [-0.1, -0.05) is 29.3 Å². The molecule has 0 heterocycles. The van der Waals surface area contributed by atoms with Crippen LogP contribution in [0.3, 0.4) is 0 Å². The van der Waals surface area contributed by atoms with E-state index in [1.165, 1.54) is 12.1 Å². The second kappa shape index (κ2) is 7.55. The second-order valence-corrected chi connectivity index (χ2v) is 5.34. The van der Waals surface area contributed by atoms with Crippen LogP contribution in [0.25, 0.3) is 0 Å². The number of anilines is 1. The van der Waals surface area contributed by atoms with Gasteiger partial charge in [0.05, 0.1) is 27.8 Å². The summed E-state index contributed by atoms with van der Waals surface area (Å²) in [6, 6.07) is 5.95. The number of rotatable bonds is 4. The summed E-state index contributed by atoms with van der Waals surface area (Å²) < 4.78 is 39.4. The Morgan fingerprint density at radius 3 is 2.42 bits per heavy atom. The van der Waals surface area contributed by atoms with Gasteiger partial charge in [-0.2, -0.15) is 0 Å². The van der Waals surface area contributed by atoms with Crippen LogP contribution in [-0.4, -0.2) is 18.4 Å². The highest BCUT2D eigenvalue weighted by molar-refractivity contribution is 6.44. The molecule has 0 aromatic heterocycles. The van der Waals surface area contributed by atoms with Gasteiger partial charge in [0.1, 0.15) is 0 Å². The topological polar surface area (TPSA) is 58.2 Å². The van der Waals surface area contributed by atoms with Gasteiger partial charge in [-0.3, -0.25) is 9.59 Å². The molecule has 2 aromatic carbocycles. The molecule has 126 valence electrons. The Hall–Kier alpha value is -2.25. The summed E-state index contributed by atoms with van der Waals surface area (Å²) in [7, 11) is 0. The Kier molecular flexibility index (Phi) is 5.69. The third kappa shape index (κ3) is 3.98. The van der Waals surface area contributed by atoms with Crippen LogP contribution in [0.2, 0.25) is 10.0 Å². The molecule has 0 bridgehead atoms. The molecule has 0 saturated heterocycles. The van der Waals surface area contributed by atoms with E-state index in [0.717, 1.165) is 6.07 Å². The van der Waals surface area contributed by atoms with E-state index in [1.54, 1.807) is 6.07 Å². The molecule has 2 N–H and O–H groups in total. The smallest absolute Gasteiger partial charge is 0.254 e. The summed E-state index contributed by atoms with van der Waals surface area (Å²) >= 11 is 11.7. The average molecular weight is 377 g/mol. The minimum Gasteiger partial charge on any atom is -0.343 e. The molecule has 4 nitrogen and oxygen atoms in total. The van der Waals surface area contributed by atoms with E-state index in [1.807, 2.05) is 0 Å². The van der Waals surface area contributed by atoms with Crippen LogP contribution in [0.5, 0.6) is 0 Å². The quantitative estimate of drug-likeness (QED) is 0.797. The van der Waals surface area contributed by atoms with Crippen molar-refractivity contribution in [3.8, 4) is 0 Å². The molecule has 0 atom stereocenters. The molecule has 0 spiro atoms. The summed E-state index contributed by atoms with van der Waals surface area (Å²) in [6.45, 7) is -0.542. The monoisotopic (exact) mass is 376 g/mol. The number of benzene rings is 2. The normalized spacial score (nSPS) is 10.4. The third-order valence-electron chi connectivity index (χ3n) is 2.91. The van der Waals surface area contributed by atoms with E-state index in [9.17, 15) is 22.8 Å². The van der Waals surface area contributed by atoms with Crippen molar-refractivity contribution >= 4 is 40.7 Å². The van der Waals surface area contributed by atoms with Gasteiger partial charge in [0.15, 0.2) is 17.5 Å². The van der Waals surface area contributed by atoms with Crippen molar-refractivity contribution in [3.63, 3.8) is 0 Å².